The van der Waals surface area contributed by atoms with E-state index >= 15 is 0 Å². The summed E-state index contributed by atoms with van der Waals surface area (Å²) in [5.41, 5.74) is 8.87. The molecule has 0 saturated carbocycles. The molecule has 0 radical (unpaired) electrons. The summed E-state index contributed by atoms with van der Waals surface area (Å²) < 4.78 is 14.4. The van der Waals surface area contributed by atoms with E-state index in [2.05, 4.69) is 15.0 Å². The van der Waals surface area contributed by atoms with Gasteiger partial charge in [-0.1, -0.05) is 6.07 Å². The van der Waals surface area contributed by atoms with Gasteiger partial charge in [0.1, 0.15) is 5.82 Å². The zero-order chi connectivity index (χ0) is 18.0. The maximum absolute atomic E-state index is 14.4. The second kappa shape index (κ2) is 6.82. The number of anilines is 2. The maximum atomic E-state index is 14.4. The molecule has 0 bridgehead atoms. The lowest BCUT2D eigenvalue weighted by Gasteiger charge is -2.20. The zero-order valence-corrected chi connectivity index (χ0v) is 14.1. The van der Waals surface area contributed by atoms with Crippen LogP contribution in [0.5, 0.6) is 0 Å². The molecule has 0 atom stereocenters. The number of hydrazine groups is 1. The topological polar surface area (TPSA) is 93.4 Å². The monoisotopic (exact) mass is 338 g/mol. The minimum atomic E-state index is -0.373. The van der Waals surface area contributed by atoms with Gasteiger partial charge in [-0.25, -0.2) is 15.2 Å². The van der Waals surface area contributed by atoms with Crippen molar-refractivity contribution < 1.29 is 4.39 Å². The number of rotatable bonds is 4. The number of aliphatic imine (C=N–C) groups is 1. The Morgan fingerprint density at radius 3 is 2.84 bits per heavy atom. The number of hydrogen-bond donors (Lipinski definition) is 2. The Labute approximate surface area is 145 Å². The summed E-state index contributed by atoms with van der Waals surface area (Å²) in [5, 5.41) is 2.18. The van der Waals surface area contributed by atoms with Gasteiger partial charge < -0.3 is 5.73 Å². The summed E-state index contributed by atoms with van der Waals surface area (Å²) in [6.07, 6.45) is 1.63. The Kier molecular flexibility index (Phi) is 4.58. The molecule has 25 heavy (non-hydrogen) atoms. The first-order chi connectivity index (χ1) is 12.0. The standard InChI is InChI=1S/C18H19FN6/c1-11(22-2)16-6-5-15(20)18(24-16)25(21)10-13-8-12-4-3-7-23-17(12)9-14(13)19/h3-9H,10,20-21H2,1-2H3. The van der Waals surface area contributed by atoms with Crippen molar-refractivity contribution in [1.82, 2.24) is 9.97 Å². The van der Waals surface area contributed by atoms with Gasteiger partial charge in [-0.15, -0.1) is 0 Å². The van der Waals surface area contributed by atoms with Crippen LogP contribution in [0.1, 0.15) is 18.2 Å². The molecule has 0 amide bonds. The zero-order valence-electron chi connectivity index (χ0n) is 14.1. The minimum absolute atomic E-state index is 0.125. The highest BCUT2D eigenvalue weighted by Crippen LogP contribution is 2.23. The summed E-state index contributed by atoms with van der Waals surface area (Å²) >= 11 is 0. The van der Waals surface area contributed by atoms with Crippen LogP contribution < -0.4 is 16.6 Å². The predicted octanol–water partition coefficient (Wildman–Crippen LogP) is 2.67. The Morgan fingerprint density at radius 2 is 2.08 bits per heavy atom. The highest BCUT2D eigenvalue weighted by Gasteiger charge is 2.14. The van der Waals surface area contributed by atoms with Crippen LogP contribution in [0.4, 0.5) is 15.9 Å². The molecule has 7 heteroatoms. The molecule has 6 nitrogen and oxygen atoms in total. The van der Waals surface area contributed by atoms with Crippen LogP contribution in [0.3, 0.4) is 0 Å². The van der Waals surface area contributed by atoms with Gasteiger partial charge in [-0.3, -0.25) is 15.0 Å². The number of nitrogens with zero attached hydrogens (tertiary/aromatic N) is 4. The smallest absolute Gasteiger partial charge is 0.166 e. The highest BCUT2D eigenvalue weighted by atomic mass is 19.1. The van der Waals surface area contributed by atoms with Gasteiger partial charge in [0.15, 0.2) is 5.82 Å². The SMILES string of the molecule is CN=C(C)c1ccc(N)c(N(N)Cc2cc3cccnc3cc2F)n1. The molecule has 3 aromatic rings. The van der Waals surface area contributed by atoms with Gasteiger partial charge in [-0.05, 0) is 31.2 Å². The first-order valence-electron chi connectivity index (χ1n) is 7.75. The van der Waals surface area contributed by atoms with Gasteiger partial charge in [0, 0.05) is 30.3 Å². The van der Waals surface area contributed by atoms with E-state index in [0.717, 1.165) is 11.1 Å². The fourth-order valence-corrected chi connectivity index (χ4v) is 2.53. The lowest BCUT2D eigenvalue weighted by atomic mass is 10.1. The number of pyridine rings is 2. The summed E-state index contributed by atoms with van der Waals surface area (Å²) in [7, 11) is 1.69. The number of aromatic nitrogens is 2. The lowest BCUT2D eigenvalue weighted by molar-refractivity contribution is 0.606. The molecule has 0 spiro atoms. The van der Waals surface area contributed by atoms with Crippen molar-refractivity contribution in [3.63, 3.8) is 0 Å². The first-order valence-corrected chi connectivity index (χ1v) is 7.75. The molecular formula is C18H19FN6. The number of benzene rings is 1. The average Bonchev–Trinajstić information content (AvgIpc) is 2.62. The molecule has 128 valence electrons. The van der Waals surface area contributed by atoms with E-state index in [9.17, 15) is 4.39 Å². The number of nitrogens with two attached hydrogens (primary N) is 2. The molecular weight excluding hydrogens is 319 g/mol. The van der Waals surface area contributed by atoms with Crippen molar-refractivity contribution in [1.29, 1.82) is 0 Å². The van der Waals surface area contributed by atoms with Crippen LogP contribution >= 0.6 is 0 Å². The van der Waals surface area contributed by atoms with Crippen molar-refractivity contribution in [2.24, 2.45) is 10.8 Å². The third-order valence-electron chi connectivity index (χ3n) is 4.00. The highest BCUT2D eigenvalue weighted by molar-refractivity contribution is 5.97. The second-order valence-electron chi connectivity index (χ2n) is 5.69. The Bertz CT molecular complexity index is 953. The summed E-state index contributed by atoms with van der Waals surface area (Å²) in [4.78, 5) is 12.7. The van der Waals surface area contributed by atoms with Crippen LogP contribution in [-0.2, 0) is 6.54 Å². The van der Waals surface area contributed by atoms with Crippen molar-refractivity contribution >= 4 is 28.1 Å². The Balaban J connectivity index is 1.95. The lowest BCUT2D eigenvalue weighted by Crippen LogP contribution is -2.32. The second-order valence-corrected chi connectivity index (χ2v) is 5.69. The van der Waals surface area contributed by atoms with Crippen molar-refractivity contribution in [2.45, 2.75) is 13.5 Å². The molecule has 0 aliphatic heterocycles. The largest absolute Gasteiger partial charge is 0.396 e. The van der Waals surface area contributed by atoms with Gasteiger partial charge in [0.25, 0.3) is 0 Å². The average molecular weight is 338 g/mol. The number of hydrogen-bond acceptors (Lipinski definition) is 6. The fraction of sp³-hybridized carbons (Fsp3) is 0.167. The van der Waals surface area contributed by atoms with Gasteiger partial charge >= 0.3 is 0 Å². The van der Waals surface area contributed by atoms with Gasteiger partial charge in [0.2, 0.25) is 0 Å². The molecule has 4 N–H and O–H groups in total. The van der Waals surface area contributed by atoms with E-state index in [-0.39, 0.29) is 12.4 Å². The molecule has 0 fully saturated rings. The van der Waals surface area contributed by atoms with E-state index < -0.39 is 0 Å². The molecule has 0 unspecified atom stereocenters. The fourth-order valence-electron chi connectivity index (χ4n) is 2.53. The van der Waals surface area contributed by atoms with Crippen molar-refractivity contribution in [2.75, 3.05) is 17.8 Å². The van der Waals surface area contributed by atoms with Gasteiger partial charge in [-0.2, -0.15) is 0 Å². The molecule has 3 rings (SSSR count). The van der Waals surface area contributed by atoms with Crippen LogP contribution in [0, 0.1) is 5.82 Å². The van der Waals surface area contributed by atoms with Gasteiger partial charge in [0.05, 0.1) is 29.2 Å². The van der Waals surface area contributed by atoms with Crippen molar-refractivity contribution in [3.05, 3.63) is 59.7 Å². The van der Waals surface area contributed by atoms with Crippen LogP contribution in [0.2, 0.25) is 0 Å². The van der Waals surface area contributed by atoms with Crippen LogP contribution in [0.15, 0.2) is 47.6 Å². The van der Waals surface area contributed by atoms with E-state index in [0.29, 0.717) is 28.3 Å². The Hall–Kier alpha value is -3.06. The molecule has 0 saturated heterocycles. The first kappa shape index (κ1) is 16.8. The third-order valence-corrected chi connectivity index (χ3v) is 4.00. The minimum Gasteiger partial charge on any atom is -0.396 e. The molecule has 2 heterocycles. The van der Waals surface area contributed by atoms with E-state index in [4.69, 9.17) is 11.6 Å². The number of halogens is 1. The van der Waals surface area contributed by atoms with E-state index in [1.54, 1.807) is 37.5 Å². The van der Waals surface area contributed by atoms with E-state index in [1.165, 1.54) is 11.1 Å². The molecule has 0 aliphatic carbocycles. The summed E-state index contributed by atoms with van der Waals surface area (Å²) in [5.74, 6) is 6.13. The van der Waals surface area contributed by atoms with Crippen LogP contribution in [0.25, 0.3) is 10.9 Å². The third kappa shape index (κ3) is 3.41. The predicted molar refractivity (Wildman–Crippen MR) is 98.9 cm³/mol. The molecule has 0 aliphatic rings. The van der Waals surface area contributed by atoms with Crippen LogP contribution in [-0.4, -0.2) is 22.7 Å². The van der Waals surface area contributed by atoms with Crippen molar-refractivity contribution in [3.8, 4) is 0 Å². The van der Waals surface area contributed by atoms with E-state index in [1.807, 2.05) is 13.0 Å². The normalized spacial score (nSPS) is 11.8. The number of nitrogen functional groups attached to an aromatic ring is 1. The quantitative estimate of drug-likeness (QED) is 0.433. The summed E-state index contributed by atoms with van der Waals surface area (Å²) in [6, 6.07) is 10.3. The number of fused-ring (bicyclic) bond motifs is 1. The summed E-state index contributed by atoms with van der Waals surface area (Å²) in [6.45, 7) is 1.97. The molecule has 2 aromatic heterocycles. The Morgan fingerprint density at radius 1 is 1.28 bits per heavy atom. The maximum Gasteiger partial charge on any atom is 0.166 e. The molecule has 1 aromatic carbocycles.